The molecule has 0 aliphatic rings. The molecule has 0 radical (unpaired) electrons. The van der Waals surface area contributed by atoms with Gasteiger partial charge in [-0.25, -0.2) is 4.79 Å². The predicted octanol–water partition coefficient (Wildman–Crippen LogP) is 4.09. The molecule has 3 nitrogen and oxygen atoms in total. The Labute approximate surface area is 126 Å². The van der Waals surface area contributed by atoms with E-state index in [1.807, 2.05) is 25.1 Å². The third-order valence-electron chi connectivity index (χ3n) is 3.19. The first-order valence-electron chi connectivity index (χ1n) is 7.17. The molecule has 0 fully saturated rings. The van der Waals surface area contributed by atoms with Gasteiger partial charge in [0.25, 0.3) is 0 Å². The lowest BCUT2D eigenvalue weighted by atomic mass is 10.1. The van der Waals surface area contributed by atoms with Crippen LogP contribution in [-0.4, -0.2) is 12.6 Å². The van der Waals surface area contributed by atoms with Crippen molar-refractivity contribution in [3.8, 4) is 0 Å². The summed E-state index contributed by atoms with van der Waals surface area (Å²) < 4.78 is 5.08. The molecule has 0 aliphatic carbocycles. The summed E-state index contributed by atoms with van der Waals surface area (Å²) in [7, 11) is 0. The van der Waals surface area contributed by atoms with Crippen LogP contribution in [0.1, 0.15) is 34.0 Å². The maximum absolute atomic E-state index is 11.9. The van der Waals surface area contributed by atoms with Crippen LogP contribution in [0.3, 0.4) is 0 Å². The average molecular weight is 283 g/mol. The molecule has 110 valence electrons. The molecule has 1 N–H and O–H groups in total. The molecule has 2 aromatic rings. The van der Waals surface area contributed by atoms with E-state index in [0.717, 1.165) is 5.69 Å². The molecule has 0 saturated heterocycles. The van der Waals surface area contributed by atoms with Gasteiger partial charge in [0.05, 0.1) is 12.2 Å². The molecule has 0 atom stereocenters. The molecule has 2 aromatic carbocycles. The highest BCUT2D eigenvalue weighted by molar-refractivity contribution is 5.95. The zero-order valence-electron chi connectivity index (χ0n) is 12.8. The Hall–Kier alpha value is -2.29. The minimum Gasteiger partial charge on any atom is -0.462 e. The summed E-state index contributed by atoms with van der Waals surface area (Å²) in [6.07, 6.45) is 0. The summed E-state index contributed by atoms with van der Waals surface area (Å²) in [6.45, 7) is 7.04. The lowest BCUT2D eigenvalue weighted by Gasteiger charge is -2.12. The van der Waals surface area contributed by atoms with Crippen LogP contribution < -0.4 is 5.32 Å². The van der Waals surface area contributed by atoms with E-state index in [1.54, 1.807) is 6.07 Å². The van der Waals surface area contributed by atoms with E-state index in [2.05, 4.69) is 37.4 Å². The Kier molecular flexibility index (Phi) is 4.99. The van der Waals surface area contributed by atoms with Crippen LogP contribution in [0.15, 0.2) is 42.5 Å². The van der Waals surface area contributed by atoms with Crippen LogP contribution in [0.2, 0.25) is 0 Å². The standard InChI is InChI=1S/C18H21NO2/c1-4-21-18(20)16-7-5-6-8-17(16)19-12-15-10-13(2)9-14(3)11-15/h5-11,19H,4,12H2,1-3H3. The zero-order valence-corrected chi connectivity index (χ0v) is 12.8. The molecule has 21 heavy (non-hydrogen) atoms. The summed E-state index contributed by atoms with van der Waals surface area (Å²) in [6, 6.07) is 13.9. The maximum Gasteiger partial charge on any atom is 0.340 e. The van der Waals surface area contributed by atoms with Gasteiger partial charge in [0.15, 0.2) is 0 Å². The summed E-state index contributed by atoms with van der Waals surface area (Å²) >= 11 is 0. The number of aryl methyl sites for hydroxylation is 2. The van der Waals surface area contributed by atoms with E-state index in [1.165, 1.54) is 16.7 Å². The fourth-order valence-electron chi connectivity index (χ4n) is 2.39. The van der Waals surface area contributed by atoms with Gasteiger partial charge in [0, 0.05) is 12.2 Å². The molecule has 3 heteroatoms. The zero-order chi connectivity index (χ0) is 15.2. The summed E-state index contributed by atoms with van der Waals surface area (Å²) in [5.74, 6) is -0.291. The second-order valence-corrected chi connectivity index (χ2v) is 5.12. The summed E-state index contributed by atoms with van der Waals surface area (Å²) in [4.78, 5) is 11.9. The number of anilines is 1. The van der Waals surface area contributed by atoms with Crippen molar-refractivity contribution in [2.75, 3.05) is 11.9 Å². The van der Waals surface area contributed by atoms with Crippen LogP contribution >= 0.6 is 0 Å². The molecule has 0 saturated carbocycles. The Morgan fingerprint density at radius 1 is 1.10 bits per heavy atom. The topological polar surface area (TPSA) is 38.3 Å². The van der Waals surface area contributed by atoms with E-state index in [-0.39, 0.29) is 5.97 Å². The largest absolute Gasteiger partial charge is 0.462 e. The van der Waals surface area contributed by atoms with Crippen LogP contribution in [0, 0.1) is 13.8 Å². The van der Waals surface area contributed by atoms with E-state index in [9.17, 15) is 4.79 Å². The molecular weight excluding hydrogens is 262 g/mol. The van der Waals surface area contributed by atoms with Gasteiger partial charge in [-0.2, -0.15) is 0 Å². The Balaban J connectivity index is 2.14. The highest BCUT2D eigenvalue weighted by Crippen LogP contribution is 2.18. The van der Waals surface area contributed by atoms with Gasteiger partial charge >= 0.3 is 5.97 Å². The number of benzene rings is 2. The highest BCUT2D eigenvalue weighted by atomic mass is 16.5. The van der Waals surface area contributed by atoms with Gasteiger partial charge in [0.2, 0.25) is 0 Å². The molecular formula is C18H21NO2. The summed E-state index contributed by atoms with van der Waals surface area (Å²) in [5, 5.41) is 3.32. The van der Waals surface area contributed by atoms with Crippen LogP contribution in [0.25, 0.3) is 0 Å². The van der Waals surface area contributed by atoms with Crippen LogP contribution in [0.5, 0.6) is 0 Å². The van der Waals surface area contributed by atoms with E-state index in [4.69, 9.17) is 4.74 Å². The third kappa shape index (κ3) is 4.09. The van der Waals surface area contributed by atoms with Crippen molar-refractivity contribution in [2.45, 2.75) is 27.3 Å². The van der Waals surface area contributed by atoms with Crippen molar-refractivity contribution in [3.05, 3.63) is 64.7 Å². The number of hydrogen-bond donors (Lipinski definition) is 1. The molecule has 2 rings (SSSR count). The normalized spacial score (nSPS) is 10.2. The second kappa shape index (κ2) is 6.93. The third-order valence-corrected chi connectivity index (χ3v) is 3.19. The molecule has 0 bridgehead atoms. The van der Waals surface area contributed by atoms with Gasteiger partial charge in [-0.15, -0.1) is 0 Å². The van der Waals surface area contributed by atoms with Crippen molar-refractivity contribution in [1.82, 2.24) is 0 Å². The number of para-hydroxylation sites is 1. The van der Waals surface area contributed by atoms with Crippen molar-refractivity contribution in [3.63, 3.8) is 0 Å². The van der Waals surface area contributed by atoms with Crippen molar-refractivity contribution in [2.24, 2.45) is 0 Å². The molecule has 0 aliphatic heterocycles. The highest BCUT2D eigenvalue weighted by Gasteiger charge is 2.11. The van der Waals surface area contributed by atoms with Crippen molar-refractivity contribution < 1.29 is 9.53 Å². The number of ether oxygens (including phenoxy) is 1. The van der Waals surface area contributed by atoms with Gasteiger partial charge < -0.3 is 10.1 Å². The van der Waals surface area contributed by atoms with Crippen LogP contribution in [-0.2, 0) is 11.3 Å². The number of hydrogen-bond acceptors (Lipinski definition) is 3. The van der Waals surface area contributed by atoms with Gasteiger partial charge in [0.1, 0.15) is 0 Å². The second-order valence-electron chi connectivity index (χ2n) is 5.12. The van der Waals surface area contributed by atoms with Gasteiger partial charge in [-0.1, -0.05) is 41.5 Å². The fourth-order valence-corrected chi connectivity index (χ4v) is 2.39. The minimum atomic E-state index is -0.291. The lowest BCUT2D eigenvalue weighted by Crippen LogP contribution is -2.09. The number of rotatable bonds is 5. The predicted molar refractivity (Wildman–Crippen MR) is 85.6 cm³/mol. The summed E-state index contributed by atoms with van der Waals surface area (Å²) in [5.41, 5.74) is 5.06. The maximum atomic E-state index is 11.9. The number of carbonyl (C=O) groups excluding carboxylic acids is 1. The number of nitrogens with one attached hydrogen (secondary N) is 1. The Morgan fingerprint density at radius 2 is 1.76 bits per heavy atom. The first kappa shape index (κ1) is 15.1. The van der Waals surface area contributed by atoms with Crippen molar-refractivity contribution in [1.29, 1.82) is 0 Å². The number of carbonyl (C=O) groups is 1. The quantitative estimate of drug-likeness (QED) is 0.840. The monoisotopic (exact) mass is 283 g/mol. The van der Waals surface area contributed by atoms with Gasteiger partial charge in [-0.3, -0.25) is 0 Å². The number of esters is 1. The van der Waals surface area contributed by atoms with Gasteiger partial charge in [-0.05, 0) is 38.5 Å². The average Bonchev–Trinajstić information content (AvgIpc) is 2.45. The van der Waals surface area contributed by atoms with E-state index < -0.39 is 0 Å². The molecule has 0 amide bonds. The fraction of sp³-hybridized carbons (Fsp3) is 0.278. The first-order valence-corrected chi connectivity index (χ1v) is 7.17. The molecule has 0 heterocycles. The smallest absolute Gasteiger partial charge is 0.340 e. The lowest BCUT2D eigenvalue weighted by molar-refractivity contribution is 0.0527. The Morgan fingerprint density at radius 3 is 2.43 bits per heavy atom. The van der Waals surface area contributed by atoms with Crippen molar-refractivity contribution >= 4 is 11.7 Å². The SMILES string of the molecule is CCOC(=O)c1ccccc1NCc1cc(C)cc(C)c1. The molecule has 0 spiro atoms. The Bertz CT molecular complexity index is 615. The van der Waals surface area contributed by atoms with Crippen LogP contribution in [0.4, 0.5) is 5.69 Å². The van der Waals surface area contributed by atoms with E-state index in [0.29, 0.717) is 18.7 Å². The first-order chi connectivity index (χ1) is 10.1. The molecule has 0 aromatic heterocycles. The molecule has 0 unspecified atom stereocenters. The minimum absolute atomic E-state index is 0.291. The van der Waals surface area contributed by atoms with E-state index >= 15 is 0 Å².